The summed E-state index contributed by atoms with van der Waals surface area (Å²) in [5, 5.41) is 4.77. The number of amides is 3. The Morgan fingerprint density at radius 2 is 1.81 bits per heavy atom. The molecule has 36 heavy (non-hydrogen) atoms. The summed E-state index contributed by atoms with van der Waals surface area (Å²) in [4.78, 5) is 50.9. The van der Waals surface area contributed by atoms with Crippen molar-refractivity contribution >= 4 is 58.1 Å². The van der Waals surface area contributed by atoms with E-state index in [1.54, 1.807) is 24.3 Å². The molecule has 0 radical (unpaired) electrons. The Kier molecular flexibility index (Phi) is 6.21. The quantitative estimate of drug-likeness (QED) is 0.474. The van der Waals surface area contributed by atoms with Gasteiger partial charge in [-0.1, -0.05) is 52.9 Å². The van der Waals surface area contributed by atoms with Gasteiger partial charge >= 0.3 is 11.0 Å². The van der Waals surface area contributed by atoms with Crippen LogP contribution in [0.25, 0.3) is 0 Å². The van der Waals surface area contributed by atoms with Crippen LogP contribution in [0.3, 0.4) is 0 Å². The lowest BCUT2D eigenvalue weighted by molar-refractivity contribution is -0.137. The van der Waals surface area contributed by atoms with Crippen molar-refractivity contribution in [1.29, 1.82) is 0 Å². The Labute approximate surface area is 214 Å². The molecule has 3 atom stereocenters. The second-order valence-electron chi connectivity index (χ2n) is 8.20. The summed E-state index contributed by atoms with van der Waals surface area (Å²) >= 11 is 7.90. The minimum atomic E-state index is -4.58. The predicted octanol–water partition coefficient (Wildman–Crippen LogP) is 4.10. The molecule has 0 bridgehead atoms. The monoisotopic (exact) mass is 553 g/mol. The normalized spacial score (nSPS) is 21.1. The van der Waals surface area contributed by atoms with Crippen LogP contribution >= 0.6 is 34.7 Å². The fraction of sp³-hybridized carbons (Fsp3) is 0.217. The van der Waals surface area contributed by atoms with Crippen molar-refractivity contribution in [3.8, 4) is 0 Å². The van der Waals surface area contributed by atoms with Gasteiger partial charge in [0.15, 0.2) is 0 Å². The third-order valence-electron chi connectivity index (χ3n) is 5.89. The van der Waals surface area contributed by atoms with Gasteiger partial charge in [-0.25, -0.2) is 0 Å². The van der Waals surface area contributed by atoms with Gasteiger partial charge in [0.1, 0.15) is 11.8 Å². The van der Waals surface area contributed by atoms with Gasteiger partial charge in [0, 0.05) is 21.5 Å². The number of carbonyl (C=O) groups excluding carboxylic acids is 3. The van der Waals surface area contributed by atoms with Gasteiger partial charge in [-0.05, 0) is 35.9 Å². The first-order valence-corrected chi connectivity index (χ1v) is 12.6. The molecule has 2 aromatic carbocycles. The number of aromatic nitrogens is 1. The molecule has 1 aromatic heterocycles. The van der Waals surface area contributed by atoms with E-state index in [0.717, 1.165) is 35.2 Å². The fourth-order valence-electron chi connectivity index (χ4n) is 4.32. The number of hydrogen-bond acceptors (Lipinski definition) is 6. The van der Waals surface area contributed by atoms with E-state index in [-0.39, 0.29) is 5.69 Å². The van der Waals surface area contributed by atoms with E-state index < -0.39 is 58.0 Å². The van der Waals surface area contributed by atoms with Gasteiger partial charge in [-0.3, -0.25) is 29.1 Å². The third-order valence-corrected chi connectivity index (χ3v) is 8.76. The zero-order valence-electron chi connectivity index (χ0n) is 18.0. The van der Waals surface area contributed by atoms with Crippen molar-refractivity contribution in [2.45, 2.75) is 28.9 Å². The molecule has 3 unspecified atom stereocenters. The van der Waals surface area contributed by atoms with E-state index in [1.165, 1.54) is 16.7 Å². The van der Waals surface area contributed by atoms with Crippen LogP contribution < -0.4 is 15.5 Å². The highest BCUT2D eigenvalue weighted by Gasteiger charge is 2.52. The van der Waals surface area contributed by atoms with Crippen molar-refractivity contribution in [1.82, 2.24) is 9.88 Å². The molecule has 0 spiro atoms. The smallest absolute Gasteiger partial charge is 0.325 e. The van der Waals surface area contributed by atoms with E-state index in [0.29, 0.717) is 20.5 Å². The number of imide groups is 1. The van der Waals surface area contributed by atoms with E-state index in [2.05, 4.69) is 10.6 Å². The molecule has 1 fully saturated rings. The molecule has 0 aliphatic carbocycles. The van der Waals surface area contributed by atoms with Gasteiger partial charge in [0.2, 0.25) is 17.7 Å². The topological polar surface area (TPSA) is 97.3 Å². The summed E-state index contributed by atoms with van der Waals surface area (Å²) in [6.45, 7) is -0.478. The Bertz CT molecular complexity index is 1450. The molecule has 3 aromatic rings. The van der Waals surface area contributed by atoms with Crippen LogP contribution in [0.2, 0.25) is 5.02 Å². The van der Waals surface area contributed by atoms with Crippen LogP contribution in [0.5, 0.6) is 0 Å². The van der Waals surface area contributed by atoms with Crippen molar-refractivity contribution in [3.05, 3.63) is 79.2 Å². The number of nitrogens with one attached hydrogen (secondary N) is 2. The molecular formula is C23H15ClF3N3O4S2. The summed E-state index contributed by atoms with van der Waals surface area (Å²) in [5.41, 5.74) is -0.309. The van der Waals surface area contributed by atoms with Crippen molar-refractivity contribution in [3.63, 3.8) is 0 Å². The van der Waals surface area contributed by atoms with E-state index in [1.807, 2.05) is 0 Å². The van der Waals surface area contributed by atoms with Gasteiger partial charge < -0.3 is 5.32 Å². The van der Waals surface area contributed by atoms with E-state index in [4.69, 9.17) is 11.6 Å². The molecule has 3 amide bonds. The van der Waals surface area contributed by atoms with Crippen LogP contribution in [0.4, 0.5) is 18.9 Å². The summed E-state index contributed by atoms with van der Waals surface area (Å²) in [7, 11) is 0. The van der Waals surface area contributed by atoms with Gasteiger partial charge in [0.05, 0.1) is 16.5 Å². The van der Waals surface area contributed by atoms with Crippen LogP contribution in [-0.2, 0) is 27.1 Å². The Morgan fingerprint density at radius 3 is 2.50 bits per heavy atom. The van der Waals surface area contributed by atoms with Crippen LogP contribution in [0.1, 0.15) is 21.9 Å². The number of alkyl halides is 3. The average Bonchev–Trinajstić information content (AvgIpc) is 3.27. The van der Waals surface area contributed by atoms with Crippen molar-refractivity contribution in [2.24, 2.45) is 5.92 Å². The first-order valence-electron chi connectivity index (χ1n) is 10.5. The molecule has 1 saturated heterocycles. The predicted molar refractivity (Wildman–Crippen MR) is 128 cm³/mol. The lowest BCUT2D eigenvalue weighted by Crippen LogP contribution is -2.32. The maximum Gasteiger partial charge on any atom is 0.416 e. The maximum atomic E-state index is 13.0. The highest BCUT2D eigenvalue weighted by Crippen LogP contribution is 2.51. The van der Waals surface area contributed by atoms with Crippen molar-refractivity contribution in [2.75, 3.05) is 5.32 Å². The Hall–Kier alpha value is -3.09. The number of halogens is 4. The SMILES string of the molecule is O=C(Cn1c2c(sc1=O)C(c1ccc(Cl)cc1)C1C(=O)NC(=O)C1S2)Nc1cccc(C(F)(F)F)c1. The minimum absolute atomic E-state index is 0.0699. The number of nitrogens with zero attached hydrogens (tertiary/aromatic N) is 1. The number of hydrogen-bond donors (Lipinski definition) is 2. The van der Waals surface area contributed by atoms with Gasteiger partial charge in [-0.15, -0.1) is 0 Å². The number of anilines is 1. The van der Waals surface area contributed by atoms with Gasteiger partial charge in [-0.2, -0.15) is 13.2 Å². The molecule has 13 heteroatoms. The first kappa shape index (κ1) is 24.6. The minimum Gasteiger partial charge on any atom is -0.325 e. The second kappa shape index (κ2) is 9.09. The maximum absolute atomic E-state index is 13.0. The summed E-state index contributed by atoms with van der Waals surface area (Å²) in [5.74, 6) is -3.01. The second-order valence-corrected chi connectivity index (χ2v) is 10.8. The van der Waals surface area contributed by atoms with Crippen LogP contribution in [-0.4, -0.2) is 27.5 Å². The highest BCUT2D eigenvalue weighted by atomic mass is 35.5. The van der Waals surface area contributed by atoms with Gasteiger partial charge in [0.25, 0.3) is 0 Å². The highest BCUT2D eigenvalue weighted by molar-refractivity contribution is 8.00. The Morgan fingerprint density at radius 1 is 1.08 bits per heavy atom. The molecule has 5 rings (SSSR count). The molecule has 2 aliphatic rings. The first-order chi connectivity index (χ1) is 17.0. The number of rotatable bonds is 4. The number of carbonyl (C=O) groups is 3. The number of thiazole rings is 1. The molecule has 186 valence electrons. The molecule has 2 N–H and O–H groups in total. The molecular weight excluding hydrogens is 539 g/mol. The summed E-state index contributed by atoms with van der Waals surface area (Å²) in [6.07, 6.45) is -4.58. The molecule has 2 aliphatic heterocycles. The van der Waals surface area contributed by atoms with E-state index >= 15 is 0 Å². The summed E-state index contributed by atoms with van der Waals surface area (Å²) in [6, 6.07) is 10.9. The van der Waals surface area contributed by atoms with Crippen LogP contribution in [0.15, 0.2) is 58.4 Å². The van der Waals surface area contributed by atoms with Crippen LogP contribution in [0, 0.1) is 5.92 Å². The standard InChI is InChI=1S/C23H15ClF3N3O4S2/c24-12-6-4-10(5-7-12)15-16-17(20(33)29-19(16)32)35-21-18(15)36-22(34)30(21)9-14(31)28-13-3-1-2-11(8-13)23(25,26)27/h1-8,15-17H,9H2,(H,28,31)(H,29,32,33). The third kappa shape index (κ3) is 4.44. The lowest BCUT2D eigenvalue weighted by Gasteiger charge is -2.30. The lowest BCUT2D eigenvalue weighted by atomic mass is 9.83. The van der Waals surface area contributed by atoms with Crippen molar-refractivity contribution < 1.29 is 27.6 Å². The number of thioether (sulfide) groups is 1. The number of fused-ring (bicyclic) bond motifs is 2. The largest absolute Gasteiger partial charge is 0.416 e. The number of benzene rings is 2. The molecule has 7 nitrogen and oxygen atoms in total. The molecule has 3 heterocycles. The zero-order valence-corrected chi connectivity index (χ0v) is 20.4. The fourth-order valence-corrected chi connectivity index (χ4v) is 7.19. The summed E-state index contributed by atoms with van der Waals surface area (Å²) < 4.78 is 40.2. The van der Waals surface area contributed by atoms with E-state index in [9.17, 15) is 32.3 Å². The molecule has 0 saturated carbocycles. The Balaban J connectivity index is 1.49. The average molecular weight is 554 g/mol. The zero-order chi connectivity index (χ0) is 25.8.